The summed E-state index contributed by atoms with van der Waals surface area (Å²) in [5, 5.41) is 2.24. The predicted molar refractivity (Wildman–Crippen MR) is 167 cm³/mol. The molecular formula is C35H44O6Si. The molecule has 0 amide bonds. The Morgan fingerprint density at radius 2 is 1.45 bits per heavy atom. The number of esters is 1. The average molecular weight is 589 g/mol. The number of hydrogen-bond acceptors (Lipinski definition) is 6. The molecule has 7 heteroatoms. The van der Waals surface area contributed by atoms with E-state index in [0.717, 1.165) is 11.8 Å². The lowest BCUT2D eigenvalue weighted by atomic mass is 9.95. The second kappa shape index (κ2) is 14.9. The highest BCUT2D eigenvalue weighted by Crippen LogP contribution is 2.40. The highest BCUT2D eigenvalue weighted by atomic mass is 28.4. The smallest absolute Gasteiger partial charge is 0.308 e. The molecule has 4 atom stereocenters. The largest absolute Gasteiger partial charge is 0.469 e. The Morgan fingerprint density at radius 1 is 0.905 bits per heavy atom. The second-order valence-electron chi connectivity index (χ2n) is 12.1. The van der Waals surface area contributed by atoms with Gasteiger partial charge in [-0.05, 0) is 33.8 Å². The number of ether oxygens (including phenoxy) is 3. The van der Waals surface area contributed by atoms with Gasteiger partial charge in [-0.15, -0.1) is 0 Å². The number of carbonyl (C=O) groups is 2. The van der Waals surface area contributed by atoms with E-state index < -0.39 is 8.32 Å². The van der Waals surface area contributed by atoms with Gasteiger partial charge in [-0.25, -0.2) is 0 Å². The van der Waals surface area contributed by atoms with E-state index in [2.05, 4.69) is 69.3 Å². The van der Waals surface area contributed by atoms with Gasteiger partial charge in [0, 0.05) is 12.8 Å². The molecule has 0 spiro atoms. The SMILES string of the molecule is COC(=O)C[C@@H]1C[C@H](O[Si](c2ccccc2)(c2ccccc2)C(C)(C)C)C[C@H](C[C@H](CC=O)OCc2ccccc2)O1. The summed E-state index contributed by atoms with van der Waals surface area (Å²) >= 11 is 0. The minimum absolute atomic E-state index is 0.150. The fourth-order valence-electron chi connectivity index (χ4n) is 6.08. The van der Waals surface area contributed by atoms with Crippen LogP contribution in [0.3, 0.4) is 0 Å². The molecule has 0 saturated carbocycles. The Morgan fingerprint density at radius 3 is 1.98 bits per heavy atom. The van der Waals surface area contributed by atoms with Gasteiger partial charge in [-0.3, -0.25) is 4.79 Å². The normalized spacial score (nSPS) is 20.0. The number of rotatable bonds is 13. The van der Waals surface area contributed by atoms with Crippen LogP contribution in [0.15, 0.2) is 91.0 Å². The van der Waals surface area contributed by atoms with Gasteiger partial charge in [0.25, 0.3) is 8.32 Å². The van der Waals surface area contributed by atoms with Gasteiger partial charge >= 0.3 is 5.97 Å². The highest BCUT2D eigenvalue weighted by molar-refractivity contribution is 6.99. The van der Waals surface area contributed by atoms with Gasteiger partial charge in [0.2, 0.25) is 0 Å². The van der Waals surface area contributed by atoms with Gasteiger partial charge in [-0.2, -0.15) is 0 Å². The zero-order valence-electron chi connectivity index (χ0n) is 25.2. The second-order valence-corrected chi connectivity index (χ2v) is 16.3. The molecule has 0 aromatic heterocycles. The summed E-state index contributed by atoms with van der Waals surface area (Å²) < 4.78 is 25.1. The van der Waals surface area contributed by atoms with E-state index in [-0.39, 0.29) is 48.3 Å². The number of hydrogen-bond donors (Lipinski definition) is 0. The van der Waals surface area contributed by atoms with E-state index in [9.17, 15) is 9.59 Å². The standard InChI is InChI=1S/C35H44O6Si/c1-35(2,3)42(32-16-10-6-11-17-32,33-18-12-7-13-19-33)41-31-23-29(40-30(24-31)25-34(37)38-4)22-28(20-21-36)39-26-27-14-8-5-9-15-27/h5-19,21,28-31H,20,22-26H2,1-4H3/t28-,29-,30-,31+/m0/s1. The first kappa shape index (κ1) is 31.8. The van der Waals surface area contributed by atoms with Crippen molar-refractivity contribution in [3.8, 4) is 0 Å². The lowest BCUT2D eigenvalue weighted by Crippen LogP contribution is -2.68. The van der Waals surface area contributed by atoms with E-state index in [1.165, 1.54) is 17.5 Å². The van der Waals surface area contributed by atoms with Crippen molar-refractivity contribution in [3.63, 3.8) is 0 Å². The maximum absolute atomic E-state index is 12.4. The molecule has 0 aliphatic carbocycles. The minimum Gasteiger partial charge on any atom is -0.469 e. The number of methoxy groups -OCH3 is 1. The molecule has 42 heavy (non-hydrogen) atoms. The van der Waals surface area contributed by atoms with Gasteiger partial charge in [-0.1, -0.05) is 112 Å². The highest BCUT2D eigenvalue weighted by Gasteiger charge is 2.52. The van der Waals surface area contributed by atoms with Crippen LogP contribution in [0.1, 0.15) is 58.4 Å². The van der Waals surface area contributed by atoms with Crippen LogP contribution in [0, 0.1) is 0 Å². The van der Waals surface area contributed by atoms with Crippen LogP contribution in [0.25, 0.3) is 0 Å². The predicted octanol–water partition coefficient (Wildman–Crippen LogP) is 5.61. The average Bonchev–Trinajstić information content (AvgIpc) is 2.99. The first-order valence-electron chi connectivity index (χ1n) is 14.9. The molecule has 3 aromatic carbocycles. The lowest BCUT2D eigenvalue weighted by molar-refractivity contribution is -0.152. The number of carbonyl (C=O) groups excluding carboxylic acids is 2. The van der Waals surface area contributed by atoms with Crippen LogP contribution in [0.4, 0.5) is 0 Å². The molecule has 3 aromatic rings. The summed E-state index contributed by atoms with van der Waals surface area (Å²) in [5.74, 6) is -0.311. The van der Waals surface area contributed by atoms with Gasteiger partial charge in [0.05, 0.1) is 44.6 Å². The molecule has 4 rings (SSSR count). The van der Waals surface area contributed by atoms with Crippen molar-refractivity contribution in [3.05, 3.63) is 96.6 Å². The first-order valence-corrected chi connectivity index (χ1v) is 16.8. The molecule has 6 nitrogen and oxygen atoms in total. The van der Waals surface area contributed by atoms with Crippen molar-refractivity contribution >= 4 is 30.9 Å². The zero-order chi connectivity index (χ0) is 30.0. The van der Waals surface area contributed by atoms with Crippen molar-refractivity contribution in [1.82, 2.24) is 0 Å². The monoisotopic (exact) mass is 588 g/mol. The maximum Gasteiger partial charge on any atom is 0.308 e. The van der Waals surface area contributed by atoms with Crippen LogP contribution in [0.5, 0.6) is 0 Å². The molecular weight excluding hydrogens is 544 g/mol. The van der Waals surface area contributed by atoms with E-state index >= 15 is 0 Å². The quantitative estimate of drug-likeness (QED) is 0.147. The molecule has 1 aliphatic heterocycles. The van der Waals surface area contributed by atoms with Crippen LogP contribution >= 0.6 is 0 Å². The third-order valence-corrected chi connectivity index (χ3v) is 13.1. The summed E-state index contributed by atoms with van der Waals surface area (Å²) in [6.45, 7) is 7.21. The molecule has 224 valence electrons. The van der Waals surface area contributed by atoms with Gasteiger partial charge < -0.3 is 23.4 Å². The Bertz CT molecular complexity index is 1210. The Balaban J connectivity index is 1.63. The van der Waals surface area contributed by atoms with Crippen molar-refractivity contribution in [2.45, 2.75) is 88.9 Å². The van der Waals surface area contributed by atoms with Crippen LogP contribution in [-0.2, 0) is 34.8 Å². The van der Waals surface area contributed by atoms with E-state index in [0.29, 0.717) is 25.9 Å². The summed E-state index contributed by atoms with van der Waals surface area (Å²) in [7, 11) is -1.42. The molecule has 0 bridgehead atoms. The first-order chi connectivity index (χ1) is 20.2. The van der Waals surface area contributed by atoms with Gasteiger partial charge in [0.15, 0.2) is 0 Å². The third-order valence-electron chi connectivity index (χ3n) is 8.03. The van der Waals surface area contributed by atoms with Gasteiger partial charge in [0.1, 0.15) is 6.29 Å². The Labute approximate surface area is 251 Å². The van der Waals surface area contributed by atoms with Crippen LogP contribution in [0.2, 0.25) is 5.04 Å². The lowest BCUT2D eigenvalue weighted by Gasteiger charge is -2.47. The summed E-state index contributed by atoms with van der Waals surface area (Å²) in [6, 6.07) is 31.1. The molecule has 0 unspecified atom stereocenters. The van der Waals surface area contributed by atoms with Crippen LogP contribution in [-0.4, -0.2) is 52.1 Å². The topological polar surface area (TPSA) is 71.1 Å². The number of benzene rings is 3. The fraction of sp³-hybridized carbons (Fsp3) is 0.429. The Hall–Kier alpha value is -3.10. The minimum atomic E-state index is -2.82. The molecule has 1 aliphatic rings. The summed E-state index contributed by atoms with van der Waals surface area (Å²) in [5.41, 5.74) is 1.05. The third kappa shape index (κ3) is 8.04. The molecule has 1 fully saturated rings. The molecule has 0 N–H and O–H groups in total. The molecule has 0 radical (unpaired) electrons. The molecule has 1 saturated heterocycles. The Kier molecular flexibility index (Phi) is 11.3. The van der Waals surface area contributed by atoms with E-state index in [1.807, 2.05) is 42.5 Å². The van der Waals surface area contributed by atoms with Crippen molar-refractivity contribution in [1.29, 1.82) is 0 Å². The summed E-state index contributed by atoms with van der Waals surface area (Å²) in [6.07, 6.45) is 2.03. The fourth-order valence-corrected chi connectivity index (χ4v) is 10.8. The summed E-state index contributed by atoms with van der Waals surface area (Å²) in [4.78, 5) is 24.0. The van der Waals surface area contributed by atoms with E-state index in [1.54, 1.807) is 0 Å². The maximum atomic E-state index is 12.4. The molecule has 1 heterocycles. The van der Waals surface area contributed by atoms with Crippen molar-refractivity contribution in [2.75, 3.05) is 7.11 Å². The zero-order valence-corrected chi connectivity index (χ0v) is 26.2. The number of aldehydes is 1. The van der Waals surface area contributed by atoms with E-state index in [4.69, 9.17) is 18.6 Å². The van der Waals surface area contributed by atoms with Crippen LogP contribution < -0.4 is 10.4 Å². The van der Waals surface area contributed by atoms with Crippen molar-refractivity contribution in [2.24, 2.45) is 0 Å². The van der Waals surface area contributed by atoms with Crippen molar-refractivity contribution < 1.29 is 28.2 Å².